The van der Waals surface area contributed by atoms with Crippen LogP contribution < -0.4 is 5.32 Å². The molecule has 1 N–H and O–H groups in total. The molecule has 0 fully saturated rings. The van der Waals surface area contributed by atoms with Crippen LogP contribution in [-0.2, 0) is 0 Å². The zero-order valence-corrected chi connectivity index (χ0v) is 12.0. The largest absolute Gasteiger partial charge is 0.319 e. The van der Waals surface area contributed by atoms with Crippen molar-refractivity contribution in [3.05, 3.63) is 28.8 Å². The van der Waals surface area contributed by atoms with Crippen LogP contribution in [0, 0.1) is 0 Å². The monoisotopic (exact) mass is 257 g/mol. The lowest BCUT2D eigenvalue weighted by Gasteiger charge is -2.14. The Balaban J connectivity index is 2.82. The quantitative estimate of drug-likeness (QED) is 0.795. The number of halogens is 1. The van der Waals surface area contributed by atoms with Crippen molar-refractivity contribution in [3.8, 4) is 0 Å². The van der Waals surface area contributed by atoms with Gasteiger partial charge in [0.05, 0.1) is 5.02 Å². The highest BCUT2D eigenvalue weighted by molar-refractivity contribution is 8.00. The van der Waals surface area contributed by atoms with Gasteiger partial charge < -0.3 is 5.32 Å². The lowest BCUT2D eigenvalue weighted by molar-refractivity contribution is 0.677. The minimum Gasteiger partial charge on any atom is -0.319 e. The van der Waals surface area contributed by atoms with E-state index in [-0.39, 0.29) is 0 Å². The molecule has 0 aliphatic rings. The summed E-state index contributed by atoms with van der Waals surface area (Å²) in [5, 5.41) is 4.63. The first-order chi connectivity index (χ1) is 7.54. The first-order valence-electron chi connectivity index (χ1n) is 5.65. The molecule has 16 heavy (non-hydrogen) atoms. The van der Waals surface area contributed by atoms with E-state index in [2.05, 4.69) is 44.3 Å². The van der Waals surface area contributed by atoms with Gasteiger partial charge >= 0.3 is 0 Å². The van der Waals surface area contributed by atoms with Crippen LogP contribution in [0.25, 0.3) is 0 Å². The summed E-state index contributed by atoms with van der Waals surface area (Å²) in [5.41, 5.74) is 1.30. The Morgan fingerprint density at radius 3 is 2.50 bits per heavy atom. The summed E-state index contributed by atoms with van der Waals surface area (Å²) in [4.78, 5) is 1.18. The van der Waals surface area contributed by atoms with Crippen molar-refractivity contribution in [2.75, 3.05) is 13.6 Å². The first kappa shape index (κ1) is 13.9. The molecule has 1 aromatic rings. The highest BCUT2D eigenvalue weighted by Gasteiger charge is 2.08. The maximum Gasteiger partial charge on any atom is 0.0544 e. The number of likely N-dealkylation sites (N-methyl/N-ethyl adjacent to an activating group) is 1. The highest BCUT2D eigenvalue weighted by atomic mass is 35.5. The topological polar surface area (TPSA) is 12.0 Å². The molecule has 1 unspecified atom stereocenters. The number of hydrogen-bond acceptors (Lipinski definition) is 2. The maximum atomic E-state index is 6.28. The molecule has 3 heteroatoms. The standard InChI is InChI=1S/C13H20ClNS/c1-9(2)16-13-6-5-11(7-12(13)14)10(3)8-15-4/h5-7,9-10,15H,8H2,1-4H3. The molecule has 1 nitrogen and oxygen atoms in total. The molecule has 1 aromatic carbocycles. The number of benzene rings is 1. The Bertz CT molecular complexity index is 339. The lowest BCUT2D eigenvalue weighted by atomic mass is 10.0. The van der Waals surface area contributed by atoms with E-state index in [0.29, 0.717) is 11.2 Å². The Kier molecular flexibility index (Phi) is 5.67. The molecule has 90 valence electrons. The van der Waals surface area contributed by atoms with E-state index >= 15 is 0 Å². The summed E-state index contributed by atoms with van der Waals surface area (Å²) in [5.74, 6) is 0.501. The summed E-state index contributed by atoms with van der Waals surface area (Å²) >= 11 is 8.09. The number of thioether (sulfide) groups is 1. The molecule has 1 atom stereocenters. The zero-order valence-electron chi connectivity index (χ0n) is 10.4. The van der Waals surface area contributed by atoms with Crippen molar-refractivity contribution >= 4 is 23.4 Å². The van der Waals surface area contributed by atoms with Crippen molar-refractivity contribution in [1.82, 2.24) is 5.32 Å². The van der Waals surface area contributed by atoms with Crippen molar-refractivity contribution in [3.63, 3.8) is 0 Å². The Morgan fingerprint density at radius 1 is 1.31 bits per heavy atom. The van der Waals surface area contributed by atoms with E-state index in [1.165, 1.54) is 10.5 Å². The van der Waals surface area contributed by atoms with Gasteiger partial charge in [0.2, 0.25) is 0 Å². The van der Waals surface area contributed by atoms with Gasteiger partial charge in [-0.05, 0) is 30.7 Å². The van der Waals surface area contributed by atoms with Crippen LogP contribution in [0.4, 0.5) is 0 Å². The molecule has 1 rings (SSSR count). The van der Waals surface area contributed by atoms with E-state index in [1.807, 2.05) is 18.8 Å². The molecule has 0 bridgehead atoms. The predicted octanol–water partition coefficient (Wildman–Crippen LogP) is 4.16. The number of rotatable bonds is 5. The van der Waals surface area contributed by atoms with Crippen LogP contribution in [0.5, 0.6) is 0 Å². The van der Waals surface area contributed by atoms with E-state index in [0.717, 1.165) is 11.6 Å². The first-order valence-corrected chi connectivity index (χ1v) is 6.91. The molecule has 0 amide bonds. The average molecular weight is 258 g/mol. The second-order valence-electron chi connectivity index (χ2n) is 4.32. The van der Waals surface area contributed by atoms with Gasteiger partial charge in [0.15, 0.2) is 0 Å². The number of nitrogens with one attached hydrogen (secondary N) is 1. The SMILES string of the molecule is CNCC(C)c1ccc(SC(C)C)c(Cl)c1. The maximum absolute atomic E-state index is 6.28. The van der Waals surface area contributed by atoms with E-state index in [1.54, 1.807) is 0 Å². The Morgan fingerprint density at radius 2 is 2.00 bits per heavy atom. The van der Waals surface area contributed by atoms with Gasteiger partial charge in [-0.3, -0.25) is 0 Å². The third kappa shape index (κ3) is 4.00. The molecule has 0 saturated heterocycles. The van der Waals surface area contributed by atoms with Gasteiger partial charge in [-0.25, -0.2) is 0 Å². The van der Waals surface area contributed by atoms with Crippen LogP contribution in [-0.4, -0.2) is 18.8 Å². The van der Waals surface area contributed by atoms with Gasteiger partial charge in [0.1, 0.15) is 0 Å². The van der Waals surface area contributed by atoms with Gasteiger partial charge in [-0.1, -0.05) is 38.4 Å². The lowest BCUT2D eigenvalue weighted by Crippen LogP contribution is -2.14. The van der Waals surface area contributed by atoms with Gasteiger partial charge in [0.25, 0.3) is 0 Å². The molecule has 0 saturated carbocycles. The fourth-order valence-corrected chi connectivity index (χ4v) is 2.75. The highest BCUT2D eigenvalue weighted by Crippen LogP contribution is 2.32. The minimum atomic E-state index is 0.501. The summed E-state index contributed by atoms with van der Waals surface area (Å²) in [6, 6.07) is 6.40. The second kappa shape index (κ2) is 6.53. The van der Waals surface area contributed by atoms with Crippen molar-refractivity contribution in [1.29, 1.82) is 0 Å². The third-order valence-corrected chi connectivity index (χ3v) is 3.90. The van der Waals surface area contributed by atoms with Crippen LogP contribution in [0.15, 0.2) is 23.1 Å². The van der Waals surface area contributed by atoms with Crippen LogP contribution in [0.1, 0.15) is 32.3 Å². The van der Waals surface area contributed by atoms with Crippen LogP contribution in [0.3, 0.4) is 0 Å². The van der Waals surface area contributed by atoms with E-state index < -0.39 is 0 Å². The van der Waals surface area contributed by atoms with Gasteiger partial charge in [-0.2, -0.15) is 0 Å². The average Bonchev–Trinajstić information content (AvgIpc) is 2.20. The molecule has 0 heterocycles. The van der Waals surface area contributed by atoms with Crippen molar-refractivity contribution in [2.24, 2.45) is 0 Å². The smallest absolute Gasteiger partial charge is 0.0544 e. The molecular formula is C13H20ClNS. The van der Waals surface area contributed by atoms with Crippen molar-refractivity contribution < 1.29 is 0 Å². The molecule has 0 radical (unpaired) electrons. The second-order valence-corrected chi connectivity index (χ2v) is 6.34. The van der Waals surface area contributed by atoms with Gasteiger partial charge in [-0.15, -0.1) is 11.8 Å². The third-order valence-electron chi connectivity index (χ3n) is 2.40. The summed E-state index contributed by atoms with van der Waals surface area (Å²) in [7, 11) is 1.97. The molecule has 0 aromatic heterocycles. The van der Waals surface area contributed by atoms with Crippen molar-refractivity contribution in [2.45, 2.75) is 36.8 Å². The minimum absolute atomic E-state index is 0.501. The fourth-order valence-electron chi connectivity index (χ4n) is 1.60. The fraction of sp³-hybridized carbons (Fsp3) is 0.538. The molecule has 0 aliphatic heterocycles. The zero-order chi connectivity index (χ0) is 12.1. The van der Waals surface area contributed by atoms with Crippen LogP contribution >= 0.6 is 23.4 Å². The van der Waals surface area contributed by atoms with E-state index in [9.17, 15) is 0 Å². The van der Waals surface area contributed by atoms with E-state index in [4.69, 9.17) is 11.6 Å². The molecule has 0 aliphatic carbocycles. The summed E-state index contributed by atoms with van der Waals surface area (Å²) in [6.07, 6.45) is 0. The Hall–Kier alpha value is -0.180. The summed E-state index contributed by atoms with van der Waals surface area (Å²) < 4.78 is 0. The molecule has 0 spiro atoms. The molecular weight excluding hydrogens is 238 g/mol. The van der Waals surface area contributed by atoms with Gasteiger partial charge in [0, 0.05) is 16.7 Å². The number of hydrogen-bond donors (Lipinski definition) is 1. The summed E-state index contributed by atoms with van der Waals surface area (Å²) in [6.45, 7) is 7.54. The van der Waals surface area contributed by atoms with Crippen LogP contribution in [0.2, 0.25) is 5.02 Å². The predicted molar refractivity (Wildman–Crippen MR) is 74.8 cm³/mol. The Labute approximate surface area is 108 Å². The normalized spacial score (nSPS) is 13.1.